The molecule has 39 heavy (non-hydrogen) atoms. The van der Waals surface area contributed by atoms with Gasteiger partial charge in [-0.25, -0.2) is 9.67 Å². The third kappa shape index (κ3) is 5.87. The molecule has 11 heteroatoms. The van der Waals surface area contributed by atoms with E-state index in [1.807, 2.05) is 42.5 Å². The molecule has 198 valence electrons. The molecule has 5 rings (SSSR count). The van der Waals surface area contributed by atoms with Gasteiger partial charge in [0.1, 0.15) is 18.3 Å². The Hall–Kier alpha value is -5.19. The molecule has 4 heterocycles. The Labute approximate surface area is 223 Å². The topological polar surface area (TPSA) is 136 Å². The first-order valence-corrected chi connectivity index (χ1v) is 12.4. The normalized spacial score (nSPS) is 11.7. The highest BCUT2D eigenvalue weighted by atomic mass is 16.3. The third-order valence-electron chi connectivity index (χ3n) is 6.23. The van der Waals surface area contributed by atoms with Crippen LogP contribution in [0.4, 0.5) is 0 Å². The minimum Gasteiger partial charge on any atom is -0.469 e. The van der Waals surface area contributed by atoms with Crippen molar-refractivity contribution in [2.45, 2.75) is 25.6 Å². The fraction of sp³-hybridized carbons (Fsp3) is 0.179. The number of nitrogens with zero attached hydrogens (tertiary/aromatic N) is 4. The highest BCUT2D eigenvalue weighted by molar-refractivity contribution is 6.07. The number of carbonyl (C=O) groups excluding carboxylic acids is 3. The summed E-state index contributed by atoms with van der Waals surface area (Å²) in [7, 11) is 1.51. The fourth-order valence-electron chi connectivity index (χ4n) is 4.31. The summed E-state index contributed by atoms with van der Waals surface area (Å²) in [5.74, 6) is 0.290. The molecular formula is C28H27N7O4. The summed E-state index contributed by atoms with van der Waals surface area (Å²) in [5.41, 5.74) is 2.00. The summed E-state index contributed by atoms with van der Waals surface area (Å²) in [6.45, 7) is 0.212. The van der Waals surface area contributed by atoms with Crippen molar-refractivity contribution in [1.29, 1.82) is 0 Å². The van der Waals surface area contributed by atoms with Crippen molar-refractivity contribution in [3.05, 3.63) is 103 Å². The van der Waals surface area contributed by atoms with Crippen LogP contribution in [0.15, 0.2) is 90.1 Å². The lowest BCUT2D eigenvalue weighted by molar-refractivity contribution is -0.129. The van der Waals surface area contributed by atoms with Crippen LogP contribution in [-0.2, 0) is 29.1 Å². The number of furan rings is 1. The van der Waals surface area contributed by atoms with Gasteiger partial charge in [-0.2, -0.15) is 5.10 Å². The average Bonchev–Trinajstić information content (AvgIpc) is 3.74. The lowest BCUT2D eigenvalue weighted by Crippen LogP contribution is -2.47. The minimum atomic E-state index is -0.800. The largest absolute Gasteiger partial charge is 0.469 e. The van der Waals surface area contributed by atoms with E-state index in [1.165, 1.54) is 13.3 Å². The van der Waals surface area contributed by atoms with Crippen molar-refractivity contribution in [1.82, 2.24) is 35.3 Å². The number of fused-ring (bicyclic) bond motifs is 1. The summed E-state index contributed by atoms with van der Waals surface area (Å²) in [6, 6.07) is 15.6. The molecule has 0 bridgehead atoms. The summed E-state index contributed by atoms with van der Waals surface area (Å²) in [4.78, 5) is 42.9. The van der Waals surface area contributed by atoms with Crippen molar-refractivity contribution < 1.29 is 18.8 Å². The Balaban J connectivity index is 1.27. The second kappa shape index (κ2) is 11.5. The van der Waals surface area contributed by atoms with Crippen LogP contribution in [0.3, 0.4) is 0 Å². The zero-order valence-corrected chi connectivity index (χ0v) is 21.2. The molecular weight excluding hydrogens is 498 g/mol. The average molecular weight is 526 g/mol. The van der Waals surface area contributed by atoms with Crippen molar-refractivity contribution >= 4 is 28.6 Å². The smallest absolute Gasteiger partial charge is 0.253 e. The maximum Gasteiger partial charge on any atom is 0.253 e. The monoisotopic (exact) mass is 525 g/mol. The molecule has 5 aromatic rings. The molecule has 1 aromatic carbocycles. The van der Waals surface area contributed by atoms with E-state index in [0.717, 1.165) is 11.1 Å². The van der Waals surface area contributed by atoms with Crippen LogP contribution >= 0.6 is 0 Å². The second-order valence-electron chi connectivity index (χ2n) is 8.86. The summed E-state index contributed by atoms with van der Waals surface area (Å²) in [6.07, 6.45) is 8.56. The number of para-hydroxylation sites is 1. The number of amides is 3. The molecule has 0 aliphatic rings. The lowest BCUT2D eigenvalue weighted by Gasteiger charge is -2.16. The molecule has 0 unspecified atom stereocenters. The zero-order valence-electron chi connectivity index (χ0n) is 21.2. The Morgan fingerprint density at radius 3 is 2.64 bits per heavy atom. The van der Waals surface area contributed by atoms with Crippen LogP contribution in [0.25, 0.3) is 16.7 Å². The first-order chi connectivity index (χ1) is 19.0. The van der Waals surface area contributed by atoms with E-state index < -0.39 is 6.04 Å². The Morgan fingerprint density at radius 2 is 1.92 bits per heavy atom. The standard InChI is InChI=1S/C28H27N7O4/c1-29-28(38)23(14-20-6-4-13-39-20)33-26(36)18-34-17-22(21-7-2-3-8-24(21)34)27(37)31-16-19-9-10-25(30-15-19)35-12-5-11-32-35/h2-13,15,17,23H,14,16,18H2,1H3,(H,29,38)(H,31,37)(H,33,36)/t23-/m1/s1. The molecule has 4 aromatic heterocycles. The second-order valence-corrected chi connectivity index (χ2v) is 8.86. The third-order valence-corrected chi connectivity index (χ3v) is 6.23. The van der Waals surface area contributed by atoms with Gasteiger partial charge in [0.25, 0.3) is 5.91 Å². The molecule has 3 amide bonds. The van der Waals surface area contributed by atoms with Gasteiger partial charge >= 0.3 is 0 Å². The van der Waals surface area contributed by atoms with Gasteiger partial charge in [0.2, 0.25) is 11.8 Å². The van der Waals surface area contributed by atoms with Crippen molar-refractivity contribution in [2.75, 3.05) is 7.05 Å². The van der Waals surface area contributed by atoms with E-state index in [-0.39, 0.29) is 37.2 Å². The van der Waals surface area contributed by atoms with E-state index in [2.05, 4.69) is 26.0 Å². The highest BCUT2D eigenvalue weighted by Crippen LogP contribution is 2.21. The number of pyridine rings is 1. The Bertz CT molecular complexity index is 1570. The SMILES string of the molecule is CNC(=O)[C@@H](Cc1ccco1)NC(=O)Cn1cc(C(=O)NCc2ccc(-n3cccn3)nc2)c2ccccc21. The fourth-order valence-corrected chi connectivity index (χ4v) is 4.31. The molecule has 0 aliphatic heterocycles. The van der Waals surface area contributed by atoms with Crippen molar-refractivity contribution in [2.24, 2.45) is 0 Å². The number of hydrogen-bond acceptors (Lipinski definition) is 6. The molecule has 0 saturated heterocycles. The van der Waals surface area contributed by atoms with E-state index in [4.69, 9.17) is 4.42 Å². The highest BCUT2D eigenvalue weighted by Gasteiger charge is 2.23. The number of rotatable bonds is 10. The summed E-state index contributed by atoms with van der Waals surface area (Å²) in [5, 5.41) is 13.1. The molecule has 3 N–H and O–H groups in total. The molecule has 0 aliphatic carbocycles. The molecule has 1 atom stereocenters. The molecule has 0 radical (unpaired) electrons. The van der Waals surface area contributed by atoms with Gasteiger partial charge in [0.15, 0.2) is 5.82 Å². The van der Waals surface area contributed by atoms with Crippen LogP contribution in [0.5, 0.6) is 0 Å². The first kappa shape index (κ1) is 25.5. The predicted octanol–water partition coefficient (Wildman–Crippen LogP) is 2.22. The van der Waals surface area contributed by atoms with Crippen molar-refractivity contribution in [3.63, 3.8) is 0 Å². The maximum atomic E-state index is 13.1. The first-order valence-electron chi connectivity index (χ1n) is 12.4. The van der Waals surface area contributed by atoms with Crippen LogP contribution < -0.4 is 16.0 Å². The van der Waals surface area contributed by atoms with Gasteiger partial charge < -0.3 is 24.9 Å². The minimum absolute atomic E-state index is 0.0712. The van der Waals surface area contributed by atoms with Crippen LogP contribution in [0.2, 0.25) is 0 Å². The van der Waals surface area contributed by atoms with Gasteiger partial charge in [-0.05, 0) is 35.9 Å². The summed E-state index contributed by atoms with van der Waals surface area (Å²) >= 11 is 0. The van der Waals surface area contributed by atoms with Crippen LogP contribution in [0.1, 0.15) is 21.7 Å². The zero-order chi connectivity index (χ0) is 27.2. The quantitative estimate of drug-likeness (QED) is 0.256. The van der Waals surface area contributed by atoms with Gasteiger partial charge in [0.05, 0.1) is 11.8 Å². The number of aromatic nitrogens is 4. The summed E-state index contributed by atoms with van der Waals surface area (Å²) < 4.78 is 8.69. The van der Waals surface area contributed by atoms with Crippen molar-refractivity contribution in [3.8, 4) is 5.82 Å². The lowest BCUT2D eigenvalue weighted by atomic mass is 10.1. The predicted molar refractivity (Wildman–Crippen MR) is 143 cm³/mol. The molecule has 0 spiro atoms. The molecule has 0 saturated carbocycles. The number of carbonyl (C=O) groups is 3. The van der Waals surface area contributed by atoms with E-state index in [0.29, 0.717) is 22.5 Å². The van der Waals surface area contributed by atoms with Gasteiger partial charge in [0, 0.05) is 55.7 Å². The Kier molecular flexibility index (Phi) is 7.48. The van der Waals surface area contributed by atoms with E-state index in [9.17, 15) is 14.4 Å². The number of likely N-dealkylation sites (N-methyl/N-ethyl adjacent to an activating group) is 1. The molecule has 11 nitrogen and oxygen atoms in total. The van der Waals surface area contributed by atoms with Crippen LogP contribution in [0, 0.1) is 0 Å². The number of benzene rings is 1. The Morgan fingerprint density at radius 1 is 1.05 bits per heavy atom. The van der Waals surface area contributed by atoms with Gasteiger partial charge in [-0.3, -0.25) is 14.4 Å². The maximum absolute atomic E-state index is 13.1. The molecule has 0 fully saturated rings. The number of nitrogens with one attached hydrogen (secondary N) is 3. The van der Waals surface area contributed by atoms with Gasteiger partial charge in [-0.1, -0.05) is 24.3 Å². The van der Waals surface area contributed by atoms with Crippen LogP contribution in [-0.4, -0.2) is 50.1 Å². The van der Waals surface area contributed by atoms with E-state index >= 15 is 0 Å². The van der Waals surface area contributed by atoms with Gasteiger partial charge in [-0.15, -0.1) is 0 Å². The van der Waals surface area contributed by atoms with E-state index in [1.54, 1.807) is 46.2 Å². The number of hydrogen-bond donors (Lipinski definition) is 3.